The van der Waals surface area contributed by atoms with Crippen molar-refractivity contribution >= 4 is 15.9 Å². The van der Waals surface area contributed by atoms with Crippen LogP contribution in [0.15, 0.2) is 12.1 Å². The molecule has 0 atom stereocenters. The van der Waals surface area contributed by atoms with Gasteiger partial charge < -0.3 is 5.11 Å². The van der Waals surface area contributed by atoms with Gasteiger partial charge in [0.05, 0.1) is 0 Å². The molecule has 2 heteroatoms. The van der Waals surface area contributed by atoms with E-state index in [1.165, 1.54) is 5.56 Å². The number of alkyl halides is 1. The zero-order chi connectivity index (χ0) is 9.14. The first-order chi connectivity index (χ1) is 5.65. The summed E-state index contributed by atoms with van der Waals surface area (Å²) in [5.41, 5.74) is 3.21. The van der Waals surface area contributed by atoms with E-state index in [0.29, 0.717) is 5.75 Å². The van der Waals surface area contributed by atoms with E-state index in [1.807, 2.05) is 26.0 Å². The third-order valence-electron chi connectivity index (χ3n) is 1.89. The van der Waals surface area contributed by atoms with E-state index in [2.05, 4.69) is 15.9 Å². The van der Waals surface area contributed by atoms with Gasteiger partial charge in [-0.15, -0.1) is 0 Å². The quantitative estimate of drug-likeness (QED) is 0.773. The Bertz CT molecular complexity index is 281. The summed E-state index contributed by atoms with van der Waals surface area (Å²) in [6, 6.07) is 4.02. The fourth-order valence-electron chi connectivity index (χ4n) is 1.34. The van der Waals surface area contributed by atoms with Gasteiger partial charge in [-0.1, -0.05) is 33.6 Å². The fourth-order valence-corrected chi connectivity index (χ4v) is 1.77. The van der Waals surface area contributed by atoms with E-state index >= 15 is 0 Å². The monoisotopic (exact) mass is 228 g/mol. The van der Waals surface area contributed by atoms with Gasteiger partial charge in [0.15, 0.2) is 0 Å². The molecule has 0 radical (unpaired) electrons. The van der Waals surface area contributed by atoms with Crippen LogP contribution in [0.5, 0.6) is 5.75 Å². The molecular weight excluding hydrogens is 216 g/mol. The van der Waals surface area contributed by atoms with Crippen LogP contribution in [0, 0.1) is 13.8 Å². The molecule has 1 aromatic carbocycles. The van der Waals surface area contributed by atoms with E-state index in [9.17, 15) is 5.11 Å². The van der Waals surface area contributed by atoms with Crippen LogP contribution in [0.1, 0.15) is 16.7 Å². The molecule has 0 saturated heterocycles. The number of aromatic hydroxyl groups is 1. The van der Waals surface area contributed by atoms with Crippen molar-refractivity contribution < 1.29 is 5.11 Å². The first-order valence-electron chi connectivity index (χ1n) is 4.00. The van der Waals surface area contributed by atoms with Crippen molar-refractivity contribution in [2.45, 2.75) is 20.3 Å². The van der Waals surface area contributed by atoms with Crippen molar-refractivity contribution in [3.63, 3.8) is 0 Å². The van der Waals surface area contributed by atoms with E-state index in [-0.39, 0.29) is 0 Å². The van der Waals surface area contributed by atoms with Gasteiger partial charge in [-0.05, 0) is 31.4 Å². The predicted octanol–water partition coefficient (Wildman–Crippen LogP) is 2.95. The van der Waals surface area contributed by atoms with Crippen molar-refractivity contribution in [2.24, 2.45) is 0 Å². The molecule has 0 saturated carbocycles. The SMILES string of the molecule is Cc1cc(C)c(O)c(CCBr)c1. The second kappa shape index (κ2) is 3.94. The summed E-state index contributed by atoms with van der Waals surface area (Å²) in [5, 5.41) is 10.5. The molecular formula is C10H13BrO. The predicted molar refractivity (Wildman–Crippen MR) is 55.1 cm³/mol. The van der Waals surface area contributed by atoms with Crippen molar-refractivity contribution in [3.8, 4) is 5.75 Å². The Morgan fingerprint density at radius 2 is 2.00 bits per heavy atom. The normalized spacial score (nSPS) is 10.2. The highest BCUT2D eigenvalue weighted by Gasteiger charge is 2.03. The minimum Gasteiger partial charge on any atom is -0.507 e. The largest absolute Gasteiger partial charge is 0.507 e. The molecule has 0 bridgehead atoms. The summed E-state index contributed by atoms with van der Waals surface area (Å²) < 4.78 is 0. The number of hydrogen-bond acceptors (Lipinski definition) is 1. The van der Waals surface area contributed by atoms with Crippen molar-refractivity contribution in [2.75, 3.05) is 5.33 Å². The Morgan fingerprint density at radius 3 is 2.58 bits per heavy atom. The Hall–Kier alpha value is -0.500. The van der Waals surface area contributed by atoms with Crippen LogP contribution in [0.3, 0.4) is 0 Å². The molecule has 1 N–H and O–H groups in total. The van der Waals surface area contributed by atoms with Crippen LogP contribution in [-0.4, -0.2) is 10.4 Å². The molecule has 12 heavy (non-hydrogen) atoms. The summed E-state index contributed by atoms with van der Waals surface area (Å²) in [4.78, 5) is 0. The Morgan fingerprint density at radius 1 is 1.33 bits per heavy atom. The van der Waals surface area contributed by atoms with E-state index in [0.717, 1.165) is 22.9 Å². The van der Waals surface area contributed by atoms with Gasteiger partial charge in [0.25, 0.3) is 0 Å². The van der Waals surface area contributed by atoms with Gasteiger partial charge >= 0.3 is 0 Å². The number of hydrogen-bond donors (Lipinski definition) is 1. The van der Waals surface area contributed by atoms with Crippen molar-refractivity contribution in [3.05, 3.63) is 28.8 Å². The molecule has 1 nitrogen and oxygen atoms in total. The fraction of sp³-hybridized carbons (Fsp3) is 0.400. The number of halogens is 1. The molecule has 66 valence electrons. The minimum absolute atomic E-state index is 0.444. The Balaban J connectivity index is 3.09. The zero-order valence-electron chi connectivity index (χ0n) is 7.39. The molecule has 1 aromatic rings. The number of phenols is 1. The molecule has 1 rings (SSSR count). The maximum absolute atomic E-state index is 9.63. The maximum Gasteiger partial charge on any atom is 0.121 e. The topological polar surface area (TPSA) is 20.2 Å². The number of aryl methyl sites for hydroxylation is 3. The lowest BCUT2D eigenvalue weighted by Gasteiger charge is -2.06. The average molecular weight is 229 g/mol. The third kappa shape index (κ3) is 2.01. The molecule has 0 spiro atoms. The lowest BCUT2D eigenvalue weighted by Crippen LogP contribution is -1.90. The number of phenolic OH excluding ortho intramolecular Hbond substituents is 1. The van der Waals surface area contributed by atoms with Crippen molar-refractivity contribution in [1.82, 2.24) is 0 Å². The highest BCUT2D eigenvalue weighted by atomic mass is 79.9. The molecule has 0 aromatic heterocycles. The lowest BCUT2D eigenvalue weighted by molar-refractivity contribution is 0.464. The van der Waals surface area contributed by atoms with Gasteiger partial charge in [-0.25, -0.2) is 0 Å². The summed E-state index contributed by atoms with van der Waals surface area (Å²) >= 11 is 3.36. The second-order valence-corrected chi connectivity index (χ2v) is 3.82. The molecule has 0 fully saturated rings. The highest BCUT2D eigenvalue weighted by Crippen LogP contribution is 2.24. The van der Waals surface area contributed by atoms with Gasteiger partial charge in [0.1, 0.15) is 5.75 Å². The maximum atomic E-state index is 9.63. The molecule has 0 aliphatic rings. The summed E-state index contributed by atoms with van der Waals surface area (Å²) in [7, 11) is 0. The Labute approximate surface area is 81.6 Å². The van der Waals surface area contributed by atoms with Crippen LogP contribution >= 0.6 is 15.9 Å². The zero-order valence-corrected chi connectivity index (χ0v) is 8.98. The smallest absolute Gasteiger partial charge is 0.121 e. The van der Waals surface area contributed by atoms with Crippen LogP contribution in [0.2, 0.25) is 0 Å². The first kappa shape index (κ1) is 9.59. The van der Waals surface area contributed by atoms with E-state index in [1.54, 1.807) is 0 Å². The number of benzene rings is 1. The molecule has 0 amide bonds. The lowest BCUT2D eigenvalue weighted by atomic mass is 10.0. The van der Waals surface area contributed by atoms with Crippen LogP contribution in [0.25, 0.3) is 0 Å². The summed E-state index contributed by atoms with van der Waals surface area (Å²) in [5.74, 6) is 0.444. The standard InChI is InChI=1S/C10H13BrO/c1-7-5-8(2)10(12)9(6-7)3-4-11/h5-6,12H,3-4H2,1-2H3. The molecule has 0 unspecified atom stereocenters. The van der Waals surface area contributed by atoms with Gasteiger partial charge in [0, 0.05) is 5.33 Å². The van der Waals surface area contributed by atoms with Gasteiger partial charge in [0.2, 0.25) is 0 Å². The highest BCUT2D eigenvalue weighted by molar-refractivity contribution is 9.09. The van der Waals surface area contributed by atoms with Crippen LogP contribution in [-0.2, 0) is 6.42 Å². The minimum atomic E-state index is 0.444. The van der Waals surface area contributed by atoms with Crippen LogP contribution in [0.4, 0.5) is 0 Å². The summed E-state index contributed by atoms with van der Waals surface area (Å²) in [6.07, 6.45) is 0.883. The molecule has 0 heterocycles. The first-order valence-corrected chi connectivity index (χ1v) is 5.12. The van der Waals surface area contributed by atoms with Crippen LogP contribution < -0.4 is 0 Å². The van der Waals surface area contributed by atoms with E-state index < -0.39 is 0 Å². The third-order valence-corrected chi connectivity index (χ3v) is 2.28. The number of rotatable bonds is 2. The molecule has 0 aliphatic carbocycles. The Kier molecular flexibility index (Phi) is 3.15. The molecule has 0 aliphatic heterocycles. The average Bonchev–Trinajstić information content (AvgIpc) is 2.00. The summed E-state index contributed by atoms with van der Waals surface area (Å²) in [6.45, 7) is 3.98. The van der Waals surface area contributed by atoms with Gasteiger partial charge in [-0.2, -0.15) is 0 Å². The second-order valence-electron chi connectivity index (χ2n) is 3.03. The van der Waals surface area contributed by atoms with Gasteiger partial charge in [-0.3, -0.25) is 0 Å². The van der Waals surface area contributed by atoms with E-state index in [4.69, 9.17) is 0 Å². The van der Waals surface area contributed by atoms with Crippen molar-refractivity contribution in [1.29, 1.82) is 0 Å².